The Kier molecular flexibility index (Phi) is 21.6. The smallest absolute Gasteiger partial charge is 0.322 e. The van der Waals surface area contributed by atoms with Crippen molar-refractivity contribution in [2.45, 2.75) is 121 Å². The van der Waals surface area contributed by atoms with Gasteiger partial charge in [0.2, 0.25) is 41.4 Å². The lowest BCUT2D eigenvalue weighted by atomic mass is 9.96. The number of aromatic nitrogens is 2. The number of amides is 7. The Hall–Kier alpha value is -7.31. The second-order valence-corrected chi connectivity index (χ2v) is 16.9. The molecule has 7 amide bonds. The van der Waals surface area contributed by atoms with Gasteiger partial charge in [-0.3, -0.25) is 48.1 Å². The van der Waals surface area contributed by atoms with Crippen molar-refractivity contribution in [1.82, 2.24) is 46.8 Å². The lowest BCUT2D eigenvalue weighted by Crippen LogP contribution is -2.62. The van der Waals surface area contributed by atoms with Gasteiger partial charge < -0.3 is 74.3 Å². The highest BCUT2D eigenvalue weighted by molar-refractivity contribution is 5.98. The first kappa shape index (κ1) is 55.0. The molecule has 2 heterocycles. The number of aliphatic imine (C=N–C) groups is 1. The number of carboxylic acid groups (broad SMARTS) is 2. The molecule has 68 heavy (non-hydrogen) atoms. The molecule has 0 bridgehead atoms. The van der Waals surface area contributed by atoms with Gasteiger partial charge in [0, 0.05) is 37.8 Å². The van der Waals surface area contributed by atoms with E-state index in [1.807, 2.05) is 0 Å². The molecule has 1 aliphatic rings. The molecule has 1 saturated heterocycles. The molecular weight excluding hydrogens is 891 g/mol. The normalized spacial score (nSPS) is 16.4. The molecule has 374 valence electrons. The van der Waals surface area contributed by atoms with Crippen LogP contribution >= 0.6 is 0 Å². The number of nitrogens with two attached hydrogens (primary N) is 3. The number of hydrogen-bond acceptors (Lipinski definition) is 13. The van der Waals surface area contributed by atoms with Crippen LogP contribution in [-0.4, -0.2) is 151 Å². The third-order valence-electron chi connectivity index (χ3n) is 11.2. The van der Waals surface area contributed by atoms with Gasteiger partial charge in [0.25, 0.3) is 0 Å². The molecule has 0 unspecified atom stereocenters. The number of aromatic hydroxyl groups is 1. The first-order valence-corrected chi connectivity index (χ1v) is 22.2. The van der Waals surface area contributed by atoms with Crippen LogP contribution in [0.25, 0.3) is 0 Å². The summed E-state index contributed by atoms with van der Waals surface area (Å²) >= 11 is 0. The minimum absolute atomic E-state index is 0.0550. The maximum absolute atomic E-state index is 14.4. The number of imidazole rings is 1. The fourth-order valence-corrected chi connectivity index (χ4v) is 7.28. The zero-order valence-corrected chi connectivity index (χ0v) is 38.5. The minimum Gasteiger partial charge on any atom is -0.508 e. The number of nitrogens with one attached hydrogen (secondary N) is 7. The molecular formula is C43H65N13O12. The molecule has 0 saturated carbocycles. The molecule has 8 atom stereocenters. The van der Waals surface area contributed by atoms with Crippen LogP contribution in [0.5, 0.6) is 5.75 Å². The summed E-state index contributed by atoms with van der Waals surface area (Å²) in [6, 6.07) is -3.36. The Morgan fingerprint density at radius 3 is 2.03 bits per heavy atom. The van der Waals surface area contributed by atoms with E-state index in [1.54, 1.807) is 27.7 Å². The lowest BCUT2D eigenvalue weighted by molar-refractivity contribution is -0.143. The lowest BCUT2D eigenvalue weighted by Gasteiger charge is -2.31. The van der Waals surface area contributed by atoms with E-state index in [1.165, 1.54) is 41.7 Å². The average Bonchev–Trinajstić information content (AvgIpc) is 4.00. The van der Waals surface area contributed by atoms with Gasteiger partial charge in [-0.1, -0.05) is 46.2 Å². The topological polar surface area (TPSA) is 409 Å². The second-order valence-electron chi connectivity index (χ2n) is 16.9. The maximum Gasteiger partial charge on any atom is 0.322 e. The summed E-state index contributed by atoms with van der Waals surface area (Å²) in [6.45, 7) is 6.26. The van der Waals surface area contributed by atoms with Gasteiger partial charge in [0.05, 0.1) is 18.8 Å². The van der Waals surface area contributed by atoms with E-state index in [4.69, 9.17) is 27.4 Å². The zero-order chi connectivity index (χ0) is 50.7. The largest absolute Gasteiger partial charge is 0.508 e. The van der Waals surface area contributed by atoms with E-state index >= 15 is 0 Å². The Labute approximate surface area is 392 Å². The zero-order valence-electron chi connectivity index (χ0n) is 38.5. The molecule has 0 radical (unpaired) electrons. The number of likely N-dealkylation sites (tertiary alicyclic amines) is 1. The molecule has 25 heteroatoms. The van der Waals surface area contributed by atoms with Crippen molar-refractivity contribution in [3.05, 3.63) is 48.0 Å². The Balaban J connectivity index is 1.92. The van der Waals surface area contributed by atoms with Crippen molar-refractivity contribution in [2.24, 2.45) is 34.0 Å². The van der Waals surface area contributed by atoms with Gasteiger partial charge >= 0.3 is 11.9 Å². The van der Waals surface area contributed by atoms with Crippen molar-refractivity contribution in [2.75, 3.05) is 19.6 Å². The highest BCUT2D eigenvalue weighted by Crippen LogP contribution is 2.21. The molecule has 25 nitrogen and oxygen atoms in total. The molecule has 16 N–H and O–H groups in total. The minimum atomic E-state index is -1.50. The summed E-state index contributed by atoms with van der Waals surface area (Å²) in [5, 5.41) is 43.7. The van der Waals surface area contributed by atoms with Gasteiger partial charge in [-0.2, -0.15) is 0 Å². The molecule has 1 aromatic heterocycles. The van der Waals surface area contributed by atoms with Crippen molar-refractivity contribution < 1.29 is 58.5 Å². The van der Waals surface area contributed by atoms with Gasteiger partial charge in [-0.25, -0.2) is 4.98 Å². The number of nitrogens with zero attached hydrogens (tertiary/aromatic N) is 3. The Bertz CT molecular complexity index is 2100. The Morgan fingerprint density at radius 1 is 0.824 bits per heavy atom. The van der Waals surface area contributed by atoms with E-state index in [-0.39, 0.29) is 56.9 Å². The van der Waals surface area contributed by atoms with Crippen LogP contribution in [0, 0.1) is 11.8 Å². The molecule has 3 rings (SSSR count). The number of rotatable bonds is 27. The number of H-pyrrole nitrogens is 1. The van der Waals surface area contributed by atoms with Crippen LogP contribution in [0.4, 0.5) is 0 Å². The third-order valence-corrected chi connectivity index (χ3v) is 11.2. The van der Waals surface area contributed by atoms with Crippen LogP contribution in [-0.2, 0) is 56.0 Å². The van der Waals surface area contributed by atoms with Gasteiger partial charge in [0.15, 0.2) is 5.96 Å². The second kappa shape index (κ2) is 26.7. The summed E-state index contributed by atoms with van der Waals surface area (Å²) in [7, 11) is 0. The standard InChI is InChI=1S/C43H65N13O12/c1-5-23(4)35(41(67)53-30(17-25-19-47-21-50-25)42(68)56-15-7-9-31(56)39(65)49-20-33(60)61)55-38(64)29(16-24-10-12-26(57)13-11-24)52-40(66)34(22(2)3)54-37(63)28(8-6-14-48-43(45)46)51-36(62)27(44)18-32(58)59/h10-13,19,21-23,27-31,34-35,57H,5-9,14-18,20,44H2,1-4H3,(H,47,50)(H,49,65)(H,51,62)(H,52,66)(H,53,67)(H,54,63)(H,55,64)(H,58,59)(H,60,61)(H4,45,46,48)/t23-,27+,28-,29+,30+,31+,34-,35+/m1/s1. The first-order valence-electron chi connectivity index (χ1n) is 22.2. The summed E-state index contributed by atoms with van der Waals surface area (Å²) in [5.41, 5.74) is 17.5. The predicted octanol–water partition coefficient (Wildman–Crippen LogP) is -2.93. The molecule has 0 aliphatic carbocycles. The predicted molar refractivity (Wildman–Crippen MR) is 244 cm³/mol. The van der Waals surface area contributed by atoms with E-state index in [2.05, 4.69) is 46.9 Å². The first-order chi connectivity index (χ1) is 32.1. The monoisotopic (exact) mass is 955 g/mol. The Morgan fingerprint density at radius 2 is 1.44 bits per heavy atom. The van der Waals surface area contributed by atoms with E-state index in [0.29, 0.717) is 24.1 Å². The van der Waals surface area contributed by atoms with Crippen molar-refractivity contribution in [1.29, 1.82) is 0 Å². The maximum atomic E-state index is 14.4. The highest BCUT2D eigenvalue weighted by Gasteiger charge is 2.40. The number of phenolic OH excluding ortho intramolecular Hbond substituents is 1. The molecule has 1 aromatic carbocycles. The number of carbonyl (C=O) groups is 9. The van der Waals surface area contributed by atoms with E-state index in [9.17, 15) is 48.3 Å². The molecule has 0 spiro atoms. The third kappa shape index (κ3) is 17.5. The van der Waals surface area contributed by atoms with Gasteiger partial charge in [-0.15, -0.1) is 0 Å². The molecule has 1 aliphatic heterocycles. The van der Waals surface area contributed by atoms with E-state index in [0.717, 1.165) is 0 Å². The number of guanidine groups is 1. The summed E-state index contributed by atoms with van der Waals surface area (Å²) in [4.78, 5) is 131. The number of benzene rings is 1. The fraction of sp³-hybridized carbons (Fsp3) is 0.558. The number of phenols is 1. The number of aliphatic carboxylic acids is 2. The van der Waals surface area contributed by atoms with Crippen LogP contribution in [0.2, 0.25) is 0 Å². The SMILES string of the molecule is CC[C@@H](C)[C@H](NC(=O)[C@H](Cc1ccc(O)cc1)NC(=O)[C@H](NC(=O)[C@@H](CCCN=C(N)N)NC(=O)[C@@H](N)CC(=O)O)C(C)C)C(=O)N[C@@H](Cc1cnc[nH]1)C(=O)N1CCC[C@H]1C(=O)NCC(=O)O. The summed E-state index contributed by atoms with van der Waals surface area (Å²) in [6.07, 6.45) is 3.01. The van der Waals surface area contributed by atoms with Crippen LogP contribution in [0.3, 0.4) is 0 Å². The number of hydrogen-bond donors (Lipinski definition) is 13. The average molecular weight is 956 g/mol. The van der Waals surface area contributed by atoms with Crippen molar-refractivity contribution >= 4 is 59.2 Å². The molecule has 1 fully saturated rings. The quantitative estimate of drug-likeness (QED) is 0.0242. The highest BCUT2D eigenvalue weighted by atomic mass is 16.4. The summed E-state index contributed by atoms with van der Waals surface area (Å²) in [5.74, 6) is -9.58. The van der Waals surface area contributed by atoms with Gasteiger partial charge in [0.1, 0.15) is 48.5 Å². The van der Waals surface area contributed by atoms with Gasteiger partial charge in [-0.05, 0) is 55.2 Å². The number of aromatic amines is 1. The van der Waals surface area contributed by atoms with Crippen molar-refractivity contribution in [3.63, 3.8) is 0 Å². The molecule has 2 aromatic rings. The summed E-state index contributed by atoms with van der Waals surface area (Å²) < 4.78 is 0. The van der Waals surface area contributed by atoms with Crippen molar-refractivity contribution in [3.8, 4) is 5.75 Å². The van der Waals surface area contributed by atoms with Crippen LogP contribution < -0.4 is 49.1 Å². The van der Waals surface area contributed by atoms with Crippen LogP contribution in [0.15, 0.2) is 41.8 Å². The fourth-order valence-electron chi connectivity index (χ4n) is 7.28. The number of carboxylic acids is 2. The van der Waals surface area contributed by atoms with Crippen LogP contribution in [0.1, 0.15) is 77.5 Å². The van der Waals surface area contributed by atoms with E-state index < -0.39 is 120 Å². The number of carbonyl (C=O) groups excluding carboxylic acids is 7.